The molecule has 0 aromatic rings. The molecule has 0 aromatic heterocycles. The van der Waals surface area contributed by atoms with E-state index in [1.165, 1.54) is 5.57 Å². The van der Waals surface area contributed by atoms with Crippen molar-refractivity contribution in [1.82, 2.24) is 4.90 Å². The molecule has 1 nitrogen and oxygen atoms in total. The van der Waals surface area contributed by atoms with E-state index in [1.807, 2.05) is 0 Å². The van der Waals surface area contributed by atoms with Crippen molar-refractivity contribution in [3.63, 3.8) is 0 Å². The molecule has 1 heterocycles. The third-order valence-corrected chi connectivity index (χ3v) is 1.77. The minimum Gasteiger partial charge on any atom is -0.299 e. The summed E-state index contributed by atoms with van der Waals surface area (Å²) in [5, 5.41) is 0. The minimum absolute atomic E-state index is 0.921. The molecule has 46 valence electrons. The molecule has 1 aliphatic rings. The van der Waals surface area contributed by atoms with Crippen LogP contribution in [-0.2, 0) is 0 Å². The van der Waals surface area contributed by atoms with Gasteiger partial charge in [-0.25, -0.2) is 0 Å². The predicted octanol–water partition coefficient (Wildman–Crippen LogP) is 0.788. The van der Waals surface area contributed by atoms with Crippen LogP contribution in [0, 0.1) is 0 Å². The highest BCUT2D eigenvalue weighted by atomic mass is 32.1. The molecular formula is C6H11NS. The van der Waals surface area contributed by atoms with Gasteiger partial charge in [0.2, 0.25) is 0 Å². The van der Waals surface area contributed by atoms with E-state index in [4.69, 9.17) is 0 Å². The van der Waals surface area contributed by atoms with E-state index in [0.717, 1.165) is 18.8 Å². The Kier molecular flexibility index (Phi) is 1.97. The van der Waals surface area contributed by atoms with Crippen LogP contribution >= 0.6 is 12.6 Å². The summed E-state index contributed by atoms with van der Waals surface area (Å²) in [6, 6.07) is 0. The van der Waals surface area contributed by atoms with Crippen LogP contribution in [0.5, 0.6) is 0 Å². The lowest BCUT2D eigenvalue weighted by atomic mass is 10.3. The summed E-state index contributed by atoms with van der Waals surface area (Å²) >= 11 is 4.16. The summed E-state index contributed by atoms with van der Waals surface area (Å²) in [7, 11) is 2.12. The number of thiol groups is 1. The fraction of sp³-hybridized carbons (Fsp3) is 0.667. The highest BCUT2D eigenvalue weighted by Gasteiger charge is 2.06. The van der Waals surface area contributed by atoms with Gasteiger partial charge in [-0.1, -0.05) is 6.08 Å². The lowest BCUT2D eigenvalue weighted by molar-refractivity contribution is 0.430. The summed E-state index contributed by atoms with van der Waals surface area (Å²) in [4.78, 5) is 2.27. The molecule has 1 rings (SSSR count). The fourth-order valence-corrected chi connectivity index (χ4v) is 1.10. The number of rotatable bonds is 1. The standard InChI is InChI=1S/C6H11NS/c1-7-3-2-6(4-7)5-8/h2,8H,3-5H2,1H3. The van der Waals surface area contributed by atoms with E-state index in [9.17, 15) is 0 Å². The van der Waals surface area contributed by atoms with E-state index in [-0.39, 0.29) is 0 Å². The van der Waals surface area contributed by atoms with Crippen molar-refractivity contribution in [1.29, 1.82) is 0 Å². The van der Waals surface area contributed by atoms with Crippen molar-refractivity contribution >= 4 is 12.6 Å². The SMILES string of the molecule is CN1CC=C(CS)C1. The lowest BCUT2D eigenvalue weighted by Gasteiger charge is -2.04. The minimum atomic E-state index is 0.921. The molecular weight excluding hydrogens is 118 g/mol. The summed E-state index contributed by atoms with van der Waals surface area (Å²) in [5.74, 6) is 0.921. The second kappa shape index (κ2) is 2.55. The Morgan fingerprint density at radius 2 is 2.62 bits per heavy atom. The van der Waals surface area contributed by atoms with Gasteiger partial charge in [-0.15, -0.1) is 0 Å². The third kappa shape index (κ3) is 1.26. The second-order valence-corrected chi connectivity index (χ2v) is 2.53. The molecule has 0 atom stereocenters. The normalized spacial score (nSPS) is 21.5. The van der Waals surface area contributed by atoms with E-state index in [1.54, 1.807) is 0 Å². The van der Waals surface area contributed by atoms with Crippen molar-refractivity contribution < 1.29 is 0 Å². The van der Waals surface area contributed by atoms with Gasteiger partial charge in [-0.2, -0.15) is 12.6 Å². The first-order valence-electron chi connectivity index (χ1n) is 2.80. The summed E-state index contributed by atoms with van der Waals surface area (Å²) in [6.07, 6.45) is 2.24. The lowest BCUT2D eigenvalue weighted by Crippen LogP contribution is -2.13. The topological polar surface area (TPSA) is 3.24 Å². The summed E-state index contributed by atoms with van der Waals surface area (Å²) in [5.41, 5.74) is 1.45. The van der Waals surface area contributed by atoms with E-state index in [0.29, 0.717) is 0 Å². The van der Waals surface area contributed by atoms with Gasteiger partial charge in [0, 0.05) is 18.8 Å². The van der Waals surface area contributed by atoms with Crippen molar-refractivity contribution in [3.8, 4) is 0 Å². The van der Waals surface area contributed by atoms with Crippen molar-refractivity contribution in [3.05, 3.63) is 11.6 Å². The monoisotopic (exact) mass is 129 g/mol. The molecule has 2 heteroatoms. The zero-order valence-electron chi connectivity index (χ0n) is 5.09. The van der Waals surface area contributed by atoms with Crippen LogP contribution in [-0.4, -0.2) is 30.8 Å². The Hall–Kier alpha value is 0.0500. The molecule has 0 fully saturated rings. The first-order valence-corrected chi connectivity index (χ1v) is 3.43. The Balaban J connectivity index is 2.37. The zero-order chi connectivity index (χ0) is 5.98. The first-order chi connectivity index (χ1) is 3.83. The van der Waals surface area contributed by atoms with Crippen LogP contribution < -0.4 is 0 Å². The van der Waals surface area contributed by atoms with Gasteiger partial charge in [-0.05, 0) is 12.6 Å². The molecule has 0 spiro atoms. The maximum absolute atomic E-state index is 4.16. The molecule has 0 aromatic carbocycles. The van der Waals surface area contributed by atoms with E-state index >= 15 is 0 Å². The van der Waals surface area contributed by atoms with Crippen molar-refractivity contribution in [2.75, 3.05) is 25.9 Å². The van der Waals surface area contributed by atoms with Crippen LogP contribution in [0.1, 0.15) is 0 Å². The van der Waals surface area contributed by atoms with Crippen molar-refractivity contribution in [2.24, 2.45) is 0 Å². The Bertz CT molecular complexity index is 109. The fourth-order valence-electron chi connectivity index (χ4n) is 0.875. The largest absolute Gasteiger partial charge is 0.299 e. The average molecular weight is 129 g/mol. The Morgan fingerprint density at radius 3 is 2.88 bits per heavy atom. The molecule has 0 saturated heterocycles. The zero-order valence-corrected chi connectivity index (χ0v) is 5.99. The van der Waals surface area contributed by atoms with Gasteiger partial charge < -0.3 is 0 Å². The van der Waals surface area contributed by atoms with Crippen LogP contribution in [0.4, 0.5) is 0 Å². The molecule has 0 radical (unpaired) electrons. The Labute approximate surface area is 55.8 Å². The molecule has 0 N–H and O–H groups in total. The van der Waals surface area contributed by atoms with Gasteiger partial charge in [0.15, 0.2) is 0 Å². The van der Waals surface area contributed by atoms with Crippen LogP contribution in [0.25, 0.3) is 0 Å². The molecule has 0 saturated carbocycles. The van der Waals surface area contributed by atoms with Crippen LogP contribution in [0.15, 0.2) is 11.6 Å². The highest BCUT2D eigenvalue weighted by Crippen LogP contribution is 2.06. The molecule has 0 bridgehead atoms. The molecule has 1 aliphatic heterocycles. The molecule has 0 aliphatic carbocycles. The first kappa shape index (κ1) is 6.17. The summed E-state index contributed by atoms with van der Waals surface area (Å²) < 4.78 is 0. The molecule has 0 unspecified atom stereocenters. The number of hydrogen-bond donors (Lipinski definition) is 1. The highest BCUT2D eigenvalue weighted by molar-refractivity contribution is 7.80. The van der Waals surface area contributed by atoms with Crippen LogP contribution in [0.3, 0.4) is 0 Å². The number of likely N-dealkylation sites (N-methyl/N-ethyl adjacent to an activating group) is 1. The number of hydrogen-bond acceptors (Lipinski definition) is 2. The smallest absolute Gasteiger partial charge is 0.0201 e. The molecule has 0 amide bonds. The molecule has 8 heavy (non-hydrogen) atoms. The van der Waals surface area contributed by atoms with E-state index < -0.39 is 0 Å². The van der Waals surface area contributed by atoms with Crippen LogP contribution in [0.2, 0.25) is 0 Å². The number of nitrogens with zero attached hydrogens (tertiary/aromatic N) is 1. The van der Waals surface area contributed by atoms with Gasteiger partial charge >= 0.3 is 0 Å². The third-order valence-electron chi connectivity index (χ3n) is 1.37. The predicted molar refractivity (Wildman–Crippen MR) is 39.4 cm³/mol. The Morgan fingerprint density at radius 1 is 1.88 bits per heavy atom. The van der Waals surface area contributed by atoms with Gasteiger partial charge in [0.1, 0.15) is 0 Å². The van der Waals surface area contributed by atoms with Crippen molar-refractivity contribution in [2.45, 2.75) is 0 Å². The average Bonchev–Trinajstić information content (AvgIpc) is 2.14. The van der Waals surface area contributed by atoms with E-state index in [2.05, 4.69) is 30.7 Å². The van der Waals surface area contributed by atoms with Gasteiger partial charge in [0.05, 0.1) is 0 Å². The van der Waals surface area contributed by atoms with Gasteiger partial charge in [-0.3, -0.25) is 4.90 Å². The van der Waals surface area contributed by atoms with Gasteiger partial charge in [0.25, 0.3) is 0 Å². The summed E-state index contributed by atoms with van der Waals surface area (Å²) in [6.45, 7) is 2.22. The second-order valence-electron chi connectivity index (χ2n) is 2.22. The maximum atomic E-state index is 4.16. The quantitative estimate of drug-likeness (QED) is 0.404. The maximum Gasteiger partial charge on any atom is 0.0201 e.